The average molecular weight is 401 g/mol. The van der Waals surface area contributed by atoms with Gasteiger partial charge in [0.25, 0.3) is 0 Å². The van der Waals surface area contributed by atoms with Crippen molar-refractivity contribution in [3.05, 3.63) is 59.2 Å². The number of esters is 1. The second kappa shape index (κ2) is 10.3. The zero-order valence-corrected chi connectivity index (χ0v) is 17.2. The highest BCUT2D eigenvalue weighted by Crippen LogP contribution is 2.31. The van der Waals surface area contributed by atoms with Crippen molar-refractivity contribution >= 4 is 12.0 Å². The molecule has 2 unspecified atom stereocenters. The first-order valence-electron chi connectivity index (χ1n) is 9.59. The van der Waals surface area contributed by atoms with E-state index in [1.165, 1.54) is 19.2 Å². The number of ether oxygens (including phenoxy) is 1. The normalized spacial score (nSPS) is 13.7. The molecule has 1 aromatic carbocycles. The first kappa shape index (κ1) is 22.7. The van der Waals surface area contributed by atoms with Gasteiger partial charge in [-0.1, -0.05) is 38.1 Å². The number of benzene rings is 1. The van der Waals surface area contributed by atoms with E-state index in [1.54, 1.807) is 24.3 Å². The topological polar surface area (TPSA) is 79.7 Å². The molecule has 0 spiro atoms. The van der Waals surface area contributed by atoms with Crippen molar-refractivity contribution < 1.29 is 24.1 Å². The van der Waals surface area contributed by atoms with Crippen molar-refractivity contribution in [2.75, 3.05) is 7.11 Å². The number of methoxy groups -OCH3 is 1. The second-order valence-corrected chi connectivity index (χ2v) is 7.37. The van der Waals surface area contributed by atoms with Gasteiger partial charge >= 0.3 is 5.97 Å². The number of rotatable bonds is 8. The molecule has 0 saturated heterocycles. The molecule has 0 saturated carbocycles. The van der Waals surface area contributed by atoms with Crippen LogP contribution in [-0.2, 0) is 9.53 Å². The van der Waals surface area contributed by atoms with Gasteiger partial charge in [-0.05, 0) is 42.2 Å². The van der Waals surface area contributed by atoms with Crippen LogP contribution >= 0.6 is 0 Å². The van der Waals surface area contributed by atoms with Crippen LogP contribution in [0.3, 0.4) is 0 Å². The third-order valence-electron chi connectivity index (χ3n) is 4.55. The van der Waals surface area contributed by atoms with Crippen molar-refractivity contribution in [3.8, 4) is 11.1 Å². The fourth-order valence-corrected chi connectivity index (χ4v) is 3.11. The first-order valence-corrected chi connectivity index (χ1v) is 9.59. The Morgan fingerprint density at radius 3 is 2.48 bits per heavy atom. The molecule has 1 aromatic heterocycles. The van der Waals surface area contributed by atoms with Gasteiger partial charge < -0.3 is 14.9 Å². The Labute approximate surface area is 170 Å². The molecule has 0 aliphatic heterocycles. The molecule has 0 amide bonds. The van der Waals surface area contributed by atoms with E-state index < -0.39 is 18.2 Å². The lowest BCUT2D eigenvalue weighted by Gasteiger charge is -2.17. The summed E-state index contributed by atoms with van der Waals surface area (Å²) in [5.41, 5.74) is 4.28. The van der Waals surface area contributed by atoms with Crippen LogP contribution in [-0.4, -0.2) is 40.5 Å². The number of carbonyl (C=O) groups is 1. The highest BCUT2D eigenvalue weighted by molar-refractivity contribution is 5.77. The molecule has 1 heterocycles. The Balaban J connectivity index is 2.35. The SMILES string of the molecule is COC(=O)CC(O)CC(O)C=Cc1c(-c2ccc(F)cc2)cc(C)nc1C(C)C. The molecule has 0 radical (unpaired) electrons. The van der Waals surface area contributed by atoms with Gasteiger partial charge in [0.15, 0.2) is 0 Å². The van der Waals surface area contributed by atoms with Gasteiger partial charge in [0, 0.05) is 17.7 Å². The maximum Gasteiger partial charge on any atom is 0.308 e. The summed E-state index contributed by atoms with van der Waals surface area (Å²) < 4.78 is 17.9. The van der Waals surface area contributed by atoms with Crippen LogP contribution in [0.5, 0.6) is 0 Å². The van der Waals surface area contributed by atoms with E-state index in [9.17, 15) is 19.4 Å². The summed E-state index contributed by atoms with van der Waals surface area (Å²) in [4.78, 5) is 15.9. The van der Waals surface area contributed by atoms with Crippen molar-refractivity contribution in [1.29, 1.82) is 0 Å². The molecule has 2 aromatic rings. The number of halogens is 1. The lowest BCUT2D eigenvalue weighted by molar-refractivity contribution is -0.143. The summed E-state index contributed by atoms with van der Waals surface area (Å²) in [6, 6.07) is 8.17. The Bertz CT molecular complexity index is 862. The molecular formula is C23H28FNO4. The van der Waals surface area contributed by atoms with E-state index >= 15 is 0 Å². The van der Waals surface area contributed by atoms with E-state index in [-0.39, 0.29) is 24.6 Å². The van der Waals surface area contributed by atoms with Gasteiger partial charge in [0.1, 0.15) is 5.82 Å². The maximum atomic E-state index is 13.4. The lowest BCUT2D eigenvalue weighted by Crippen LogP contribution is -2.20. The molecule has 6 heteroatoms. The zero-order valence-electron chi connectivity index (χ0n) is 17.2. The monoisotopic (exact) mass is 401 g/mol. The number of nitrogens with zero attached hydrogens (tertiary/aromatic N) is 1. The van der Waals surface area contributed by atoms with Crippen LogP contribution in [0.2, 0.25) is 0 Å². The summed E-state index contributed by atoms with van der Waals surface area (Å²) >= 11 is 0. The predicted molar refractivity (Wildman–Crippen MR) is 111 cm³/mol. The number of aromatic nitrogens is 1. The Kier molecular flexibility index (Phi) is 8.05. The van der Waals surface area contributed by atoms with Crippen molar-refractivity contribution in [2.24, 2.45) is 0 Å². The number of hydrogen-bond donors (Lipinski definition) is 2. The molecule has 29 heavy (non-hydrogen) atoms. The van der Waals surface area contributed by atoms with Crippen LogP contribution in [0.25, 0.3) is 17.2 Å². The number of pyridine rings is 1. The van der Waals surface area contributed by atoms with Crippen molar-refractivity contribution in [3.63, 3.8) is 0 Å². The molecule has 0 bridgehead atoms. The minimum absolute atomic E-state index is 0.00772. The van der Waals surface area contributed by atoms with Crippen LogP contribution in [0.1, 0.15) is 49.6 Å². The summed E-state index contributed by atoms with van der Waals surface area (Å²) in [7, 11) is 1.25. The predicted octanol–water partition coefficient (Wildman–Crippen LogP) is 4.01. The highest BCUT2D eigenvalue weighted by Gasteiger charge is 2.17. The molecule has 0 aliphatic rings. The molecule has 0 aliphatic carbocycles. The minimum Gasteiger partial charge on any atom is -0.469 e. The average Bonchev–Trinajstić information content (AvgIpc) is 2.66. The number of carbonyl (C=O) groups excluding carboxylic acids is 1. The maximum absolute atomic E-state index is 13.4. The Hall–Kier alpha value is -2.57. The quantitative estimate of drug-likeness (QED) is 0.654. The smallest absolute Gasteiger partial charge is 0.308 e. The molecule has 2 N–H and O–H groups in total. The number of hydrogen-bond acceptors (Lipinski definition) is 5. The Morgan fingerprint density at radius 1 is 1.24 bits per heavy atom. The molecular weight excluding hydrogens is 373 g/mol. The molecule has 156 valence electrons. The van der Waals surface area contributed by atoms with Crippen LogP contribution in [0, 0.1) is 12.7 Å². The van der Waals surface area contributed by atoms with Crippen LogP contribution in [0.4, 0.5) is 4.39 Å². The summed E-state index contributed by atoms with van der Waals surface area (Å²) in [5.74, 6) is -0.705. The molecule has 2 atom stereocenters. The van der Waals surface area contributed by atoms with E-state index in [2.05, 4.69) is 9.72 Å². The van der Waals surface area contributed by atoms with Crippen molar-refractivity contribution in [1.82, 2.24) is 4.98 Å². The van der Waals surface area contributed by atoms with Crippen LogP contribution < -0.4 is 0 Å². The highest BCUT2D eigenvalue weighted by atomic mass is 19.1. The van der Waals surface area contributed by atoms with Crippen molar-refractivity contribution in [2.45, 2.75) is 51.7 Å². The molecule has 0 fully saturated rings. The van der Waals surface area contributed by atoms with Gasteiger partial charge in [-0.2, -0.15) is 0 Å². The third kappa shape index (κ3) is 6.48. The standard InChI is InChI=1S/C23H28FNO4/c1-14(2)23-20(10-9-18(26)12-19(27)13-22(28)29-4)21(11-15(3)25-23)16-5-7-17(24)8-6-16/h5-11,14,18-19,26-27H,12-13H2,1-4H3. The second-order valence-electron chi connectivity index (χ2n) is 7.37. The van der Waals surface area contributed by atoms with E-state index in [1.807, 2.05) is 26.8 Å². The van der Waals surface area contributed by atoms with Gasteiger partial charge in [0.2, 0.25) is 0 Å². The number of aliphatic hydroxyl groups is 2. The third-order valence-corrected chi connectivity index (χ3v) is 4.55. The van der Waals surface area contributed by atoms with Gasteiger partial charge in [-0.3, -0.25) is 9.78 Å². The lowest BCUT2D eigenvalue weighted by atomic mass is 9.93. The van der Waals surface area contributed by atoms with E-state index in [0.29, 0.717) is 0 Å². The molecule has 5 nitrogen and oxygen atoms in total. The van der Waals surface area contributed by atoms with Gasteiger partial charge in [-0.25, -0.2) is 4.39 Å². The van der Waals surface area contributed by atoms with Gasteiger partial charge in [-0.15, -0.1) is 0 Å². The largest absolute Gasteiger partial charge is 0.469 e. The van der Waals surface area contributed by atoms with E-state index in [4.69, 9.17) is 0 Å². The number of aliphatic hydroxyl groups excluding tert-OH is 2. The van der Waals surface area contributed by atoms with Crippen LogP contribution in [0.15, 0.2) is 36.4 Å². The number of aryl methyl sites for hydroxylation is 1. The molecule has 2 rings (SSSR count). The Morgan fingerprint density at radius 2 is 1.90 bits per heavy atom. The van der Waals surface area contributed by atoms with Gasteiger partial charge in [0.05, 0.1) is 31.4 Å². The first-order chi connectivity index (χ1) is 13.7. The fraction of sp³-hybridized carbons (Fsp3) is 0.391. The zero-order chi connectivity index (χ0) is 21.6. The minimum atomic E-state index is -1.00. The summed E-state index contributed by atoms with van der Waals surface area (Å²) in [6.07, 6.45) is 1.23. The summed E-state index contributed by atoms with van der Waals surface area (Å²) in [6.45, 7) is 5.97. The van der Waals surface area contributed by atoms with E-state index in [0.717, 1.165) is 28.1 Å². The summed E-state index contributed by atoms with van der Waals surface area (Å²) in [5, 5.41) is 20.2. The fourth-order valence-electron chi connectivity index (χ4n) is 3.11.